The Kier molecular flexibility index (Phi) is 4.04. The van der Waals surface area contributed by atoms with Gasteiger partial charge >= 0.3 is 0 Å². The van der Waals surface area contributed by atoms with Crippen LogP contribution in [0.1, 0.15) is 23.2 Å². The zero-order chi connectivity index (χ0) is 18.1. The Bertz CT molecular complexity index is 958. The molecule has 3 heterocycles. The quantitative estimate of drug-likeness (QED) is 0.497. The Morgan fingerprint density at radius 2 is 2.27 bits per heavy atom. The monoisotopic (exact) mass is 349 g/mol. The molecule has 7 heteroatoms. The molecular weight excluding hydrogens is 330 g/mol. The Morgan fingerprint density at radius 3 is 3.08 bits per heavy atom. The molecule has 2 aromatic heterocycles. The summed E-state index contributed by atoms with van der Waals surface area (Å²) in [5.41, 5.74) is 9.75. The molecule has 1 aliphatic heterocycles. The molecule has 4 rings (SSSR count). The van der Waals surface area contributed by atoms with Crippen molar-refractivity contribution in [1.82, 2.24) is 9.55 Å². The van der Waals surface area contributed by atoms with E-state index < -0.39 is 0 Å². The average molecular weight is 349 g/mol. The van der Waals surface area contributed by atoms with Gasteiger partial charge in [-0.15, -0.1) is 0 Å². The van der Waals surface area contributed by atoms with Crippen LogP contribution in [0.3, 0.4) is 0 Å². The van der Waals surface area contributed by atoms with Crippen LogP contribution in [0.2, 0.25) is 0 Å². The number of hydrogen-bond donors (Lipinski definition) is 3. The number of anilines is 2. The highest BCUT2D eigenvalue weighted by atomic mass is 16.3. The molecule has 0 spiro atoms. The maximum absolute atomic E-state index is 12.6. The van der Waals surface area contributed by atoms with E-state index in [1.165, 1.54) is 12.5 Å². The summed E-state index contributed by atoms with van der Waals surface area (Å²) in [6.45, 7) is 0.633. The summed E-state index contributed by atoms with van der Waals surface area (Å²) in [7, 11) is 0. The van der Waals surface area contributed by atoms with Crippen LogP contribution < -0.4 is 11.1 Å². The molecule has 0 fully saturated rings. The van der Waals surface area contributed by atoms with E-state index in [9.17, 15) is 4.79 Å². The molecule has 0 saturated carbocycles. The van der Waals surface area contributed by atoms with Gasteiger partial charge in [-0.05, 0) is 37.1 Å². The fraction of sp³-hybridized carbons (Fsp3) is 0.211. The van der Waals surface area contributed by atoms with Crippen molar-refractivity contribution in [3.63, 3.8) is 0 Å². The molecule has 0 bridgehead atoms. The van der Waals surface area contributed by atoms with Gasteiger partial charge in [-0.1, -0.05) is 0 Å². The van der Waals surface area contributed by atoms with Crippen LogP contribution in [-0.2, 0) is 17.8 Å². The number of amides is 1. The predicted molar refractivity (Wildman–Crippen MR) is 98.2 cm³/mol. The summed E-state index contributed by atoms with van der Waals surface area (Å²) in [6.07, 6.45) is 8.27. The van der Waals surface area contributed by atoms with Crippen LogP contribution in [0.5, 0.6) is 0 Å². The Balaban J connectivity index is 1.51. The first-order chi connectivity index (χ1) is 12.6. The Morgan fingerprint density at radius 1 is 1.38 bits per heavy atom. The molecule has 3 aromatic rings. The van der Waals surface area contributed by atoms with Gasteiger partial charge in [0.2, 0.25) is 5.91 Å². The lowest BCUT2D eigenvalue weighted by atomic mass is 9.97. The largest absolute Gasteiger partial charge is 0.472 e. The fourth-order valence-corrected chi connectivity index (χ4v) is 3.24. The van der Waals surface area contributed by atoms with E-state index in [-0.39, 0.29) is 17.5 Å². The maximum Gasteiger partial charge on any atom is 0.229 e. The number of imidazole rings is 1. The summed E-state index contributed by atoms with van der Waals surface area (Å²) in [5, 5.41) is 11.3. The van der Waals surface area contributed by atoms with E-state index in [1.54, 1.807) is 30.6 Å². The topological polar surface area (TPSA) is 110 Å². The van der Waals surface area contributed by atoms with E-state index >= 15 is 0 Å². The smallest absolute Gasteiger partial charge is 0.229 e. The fourth-order valence-electron chi connectivity index (χ4n) is 3.24. The minimum absolute atomic E-state index is 0.0325. The lowest BCUT2D eigenvalue weighted by Crippen LogP contribution is -2.30. The molecule has 1 amide bonds. The van der Waals surface area contributed by atoms with E-state index in [0.717, 1.165) is 18.5 Å². The van der Waals surface area contributed by atoms with Crippen molar-refractivity contribution in [3.8, 4) is 0 Å². The number of fused-ring (bicyclic) bond motifs is 1. The van der Waals surface area contributed by atoms with Crippen LogP contribution in [0.25, 0.3) is 0 Å². The second-order valence-electron chi connectivity index (χ2n) is 6.45. The molecule has 1 unspecified atom stereocenters. The predicted octanol–water partition coefficient (Wildman–Crippen LogP) is 2.68. The molecule has 1 aromatic carbocycles. The zero-order valence-electron chi connectivity index (χ0n) is 14.1. The normalized spacial score (nSPS) is 16.1. The summed E-state index contributed by atoms with van der Waals surface area (Å²) in [4.78, 5) is 16.8. The third-order valence-electron chi connectivity index (χ3n) is 4.74. The van der Waals surface area contributed by atoms with E-state index in [2.05, 4.69) is 10.3 Å². The number of aryl methyl sites for hydroxylation is 1. The number of hydrogen-bond acceptors (Lipinski definition) is 5. The number of aromatic nitrogens is 2. The minimum Gasteiger partial charge on any atom is -0.472 e. The number of nitrogens with one attached hydrogen (secondary N) is 2. The van der Waals surface area contributed by atoms with Crippen LogP contribution >= 0.6 is 0 Å². The van der Waals surface area contributed by atoms with Crippen molar-refractivity contribution in [1.29, 1.82) is 5.41 Å². The molecule has 26 heavy (non-hydrogen) atoms. The summed E-state index contributed by atoms with van der Waals surface area (Å²) in [5.74, 6) is -0.138. The summed E-state index contributed by atoms with van der Waals surface area (Å²) >= 11 is 0. The number of carbonyl (C=O) groups is 1. The number of furan rings is 1. The van der Waals surface area contributed by atoms with Gasteiger partial charge < -0.3 is 20.0 Å². The first-order valence-electron chi connectivity index (χ1n) is 8.42. The molecule has 132 valence electrons. The zero-order valence-corrected chi connectivity index (χ0v) is 14.1. The highest BCUT2D eigenvalue weighted by molar-refractivity contribution is 6.14. The van der Waals surface area contributed by atoms with Gasteiger partial charge in [-0.2, -0.15) is 0 Å². The van der Waals surface area contributed by atoms with Crippen molar-refractivity contribution in [2.75, 3.05) is 11.1 Å². The molecule has 7 nitrogen and oxygen atoms in total. The van der Waals surface area contributed by atoms with E-state index in [4.69, 9.17) is 15.6 Å². The molecule has 1 atom stereocenters. The lowest BCUT2D eigenvalue weighted by Gasteiger charge is -2.23. The van der Waals surface area contributed by atoms with Gasteiger partial charge in [-0.25, -0.2) is 4.98 Å². The SMILES string of the molecule is N=C(c1ccoc1)c1cc(NC(=O)C2CCc3cncn3C2)ccc1N. The van der Waals surface area contributed by atoms with E-state index in [0.29, 0.717) is 29.0 Å². The Hall–Kier alpha value is -3.35. The van der Waals surface area contributed by atoms with Crippen molar-refractivity contribution >= 4 is 23.0 Å². The standard InChI is InChI=1S/C19H19N5O2/c20-17-4-2-14(7-16(17)18(21)13-5-6-26-10-13)23-19(25)12-1-3-15-8-22-11-24(15)9-12/h2,4-8,10-12,21H,1,3,9,20H2,(H,23,25). The number of nitrogen functional groups attached to an aromatic ring is 1. The lowest BCUT2D eigenvalue weighted by molar-refractivity contribution is -0.120. The van der Waals surface area contributed by atoms with Crippen LogP contribution in [0.4, 0.5) is 11.4 Å². The van der Waals surface area contributed by atoms with Crippen molar-refractivity contribution in [2.24, 2.45) is 5.92 Å². The molecule has 0 aliphatic carbocycles. The van der Waals surface area contributed by atoms with Gasteiger partial charge in [0.25, 0.3) is 0 Å². The van der Waals surface area contributed by atoms with Crippen LogP contribution in [0, 0.1) is 11.3 Å². The minimum atomic E-state index is -0.106. The second-order valence-corrected chi connectivity index (χ2v) is 6.45. The summed E-state index contributed by atoms with van der Waals surface area (Å²) < 4.78 is 7.06. The molecule has 0 saturated heterocycles. The van der Waals surface area contributed by atoms with Crippen LogP contribution in [0.15, 0.2) is 53.7 Å². The van der Waals surface area contributed by atoms with Crippen molar-refractivity contribution in [2.45, 2.75) is 19.4 Å². The first-order valence-corrected chi connectivity index (χ1v) is 8.42. The molecule has 1 aliphatic rings. The number of carbonyl (C=O) groups excluding carboxylic acids is 1. The highest BCUT2D eigenvalue weighted by Crippen LogP contribution is 2.24. The number of nitrogens with two attached hydrogens (primary N) is 1. The van der Waals surface area contributed by atoms with E-state index in [1.807, 2.05) is 10.8 Å². The molecular formula is C19H19N5O2. The van der Waals surface area contributed by atoms with Crippen molar-refractivity contribution in [3.05, 3.63) is 66.1 Å². The van der Waals surface area contributed by atoms with Gasteiger partial charge in [0.05, 0.1) is 30.5 Å². The van der Waals surface area contributed by atoms with Crippen molar-refractivity contribution < 1.29 is 9.21 Å². The van der Waals surface area contributed by atoms with Crippen LogP contribution in [-0.4, -0.2) is 21.2 Å². The number of rotatable bonds is 4. The number of nitrogens with zero attached hydrogens (tertiary/aromatic N) is 2. The van der Waals surface area contributed by atoms with Gasteiger partial charge in [0, 0.05) is 40.9 Å². The molecule has 4 N–H and O–H groups in total. The summed E-state index contributed by atoms with van der Waals surface area (Å²) in [6, 6.07) is 6.89. The highest BCUT2D eigenvalue weighted by Gasteiger charge is 2.25. The third-order valence-corrected chi connectivity index (χ3v) is 4.74. The second kappa shape index (κ2) is 6.51. The average Bonchev–Trinajstić information content (AvgIpc) is 3.33. The number of benzene rings is 1. The van der Waals surface area contributed by atoms with Gasteiger partial charge in [-0.3, -0.25) is 10.2 Å². The van der Waals surface area contributed by atoms with Gasteiger partial charge in [0.15, 0.2) is 0 Å². The third kappa shape index (κ3) is 2.99. The molecule has 0 radical (unpaired) electrons. The Labute approximate surface area is 150 Å². The first kappa shape index (κ1) is 16.1. The maximum atomic E-state index is 12.6. The van der Waals surface area contributed by atoms with Gasteiger partial charge in [0.1, 0.15) is 0 Å².